The van der Waals surface area contributed by atoms with Crippen molar-refractivity contribution < 1.29 is 0 Å². The highest BCUT2D eigenvalue weighted by Crippen LogP contribution is 2.23. The Balaban J connectivity index is 1.80. The minimum Gasteiger partial charge on any atom is -0.237 e. The normalized spacial score (nSPS) is 11.1. The summed E-state index contributed by atoms with van der Waals surface area (Å²) in [4.78, 5) is 4.66. The lowest BCUT2D eigenvalue weighted by atomic mass is 10.1. The van der Waals surface area contributed by atoms with Gasteiger partial charge in [0.05, 0.1) is 5.69 Å². The van der Waals surface area contributed by atoms with E-state index in [9.17, 15) is 0 Å². The quantitative estimate of drug-likeness (QED) is 0.634. The minimum atomic E-state index is 1.03. The molecule has 0 amide bonds. The van der Waals surface area contributed by atoms with E-state index in [1.165, 1.54) is 16.7 Å². The van der Waals surface area contributed by atoms with E-state index in [4.69, 9.17) is 0 Å². The zero-order valence-corrected chi connectivity index (χ0v) is 12.1. The molecular formula is C18H15NS. The third kappa shape index (κ3) is 3.03. The molecule has 0 saturated heterocycles. The monoisotopic (exact) mass is 277 g/mol. The summed E-state index contributed by atoms with van der Waals surface area (Å²) in [5, 5.41) is 3.14. The van der Waals surface area contributed by atoms with Gasteiger partial charge in [-0.05, 0) is 18.6 Å². The summed E-state index contributed by atoms with van der Waals surface area (Å²) < 4.78 is 0. The maximum absolute atomic E-state index is 4.66. The number of thiazole rings is 1. The van der Waals surface area contributed by atoms with Gasteiger partial charge in [-0.3, -0.25) is 0 Å². The molecule has 0 aliphatic heterocycles. The van der Waals surface area contributed by atoms with Crippen LogP contribution in [0.4, 0.5) is 0 Å². The van der Waals surface area contributed by atoms with Crippen LogP contribution in [0.1, 0.15) is 16.1 Å². The van der Waals surface area contributed by atoms with Crippen molar-refractivity contribution >= 4 is 23.5 Å². The third-order valence-electron chi connectivity index (χ3n) is 3.09. The molecule has 0 unspecified atom stereocenters. The lowest BCUT2D eigenvalue weighted by Crippen LogP contribution is -1.78. The molecule has 2 aromatic carbocycles. The van der Waals surface area contributed by atoms with Crippen molar-refractivity contribution in [2.75, 3.05) is 0 Å². The maximum atomic E-state index is 4.66. The number of rotatable bonds is 3. The van der Waals surface area contributed by atoms with Gasteiger partial charge in [0, 0.05) is 10.9 Å². The molecule has 20 heavy (non-hydrogen) atoms. The van der Waals surface area contributed by atoms with Crippen LogP contribution in [0.25, 0.3) is 23.4 Å². The molecule has 1 heterocycles. The van der Waals surface area contributed by atoms with Crippen LogP contribution in [0.15, 0.2) is 60.0 Å². The van der Waals surface area contributed by atoms with E-state index in [1.807, 2.05) is 18.2 Å². The van der Waals surface area contributed by atoms with Crippen LogP contribution in [-0.2, 0) is 0 Å². The van der Waals surface area contributed by atoms with E-state index in [0.29, 0.717) is 0 Å². The first kappa shape index (κ1) is 12.8. The van der Waals surface area contributed by atoms with Gasteiger partial charge in [-0.2, -0.15) is 0 Å². The summed E-state index contributed by atoms with van der Waals surface area (Å²) in [5.74, 6) is 0. The van der Waals surface area contributed by atoms with Gasteiger partial charge >= 0.3 is 0 Å². The Hall–Kier alpha value is -2.19. The van der Waals surface area contributed by atoms with Crippen LogP contribution in [-0.4, -0.2) is 4.98 Å². The van der Waals surface area contributed by atoms with Gasteiger partial charge in [0.1, 0.15) is 5.01 Å². The van der Waals surface area contributed by atoms with Gasteiger partial charge in [0.25, 0.3) is 0 Å². The predicted molar refractivity (Wildman–Crippen MR) is 87.7 cm³/mol. The number of hydrogen-bond donors (Lipinski definition) is 0. The fourth-order valence-electron chi connectivity index (χ4n) is 1.95. The number of hydrogen-bond acceptors (Lipinski definition) is 2. The number of aryl methyl sites for hydroxylation is 1. The highest BCUT2D eigenvalue weighted by molar-refractivity contribution is 7.10. The lowest BCUT2D eigenvalue weighted by Gasteiger charge is -1.96. The van der Waals surface area contributed by atoms with Crippen molar-refractivity contribution in [3.05, 3.63) is 76.1 Å². The van der Waals surface area contributed by atoms with Crippen LogP contribution < -0.4 is 0 Å². The van der Waals surface area contributed by atoms with E-state index >= 15 is 0 Å². The first-order chi connectivity index (χ1) is 9.81. The first-order valence-electron chi connectivity index (χ1n) is 6.57. The van der Waals surface area contributed by atoms with Gasteiger partial charge < -0.3 is 0 Å². The van der Waals surface area contributed by atoms with E-state index in [1.54, 1.807) is 11.3 Å². The van der Waals surface area contributed by atoms with Crippen molar-refractivity contribution in [1.82, 2.24) is 4.98 Å². The average molecular weight is 277 g/mol. The number of benzene rings is 2. The van der Waals surface area contributed by atoms with Crippen molar-refractivity contribution in [2.24, 2.45) is 0 Å². The Kier molecular flexibility index (Phi) is 3.75. The van der Waals surface area contributed by atoms with Gasteiger partial charge in [-0.15, -0.1) is 11.3 Å². The second kappa shape index (κ2) is 5.85. The Morgan fingerprint density at radius 2 is 1.65 bits per heavy atom. The number of nitrogens with zero attached hydrogens (tertiary/aromatic N) is 1. The van der Waals surface area contributed by atoms with Crippen molar-refractivity contribution in [3.63, 3.8) is 0 Å². The maximum Gasteiger partial charge on any atom is 0.116 e. The zero-order valence-electron chi connectivity index (χ0n) is 11.3. The molecule has 0 fully saturated rings. The number of aromatic nitrogens is 1. The van der Waals surface area contributed by atoms with E-state index in [0.717, 1.165) is 10.7 Å². The molecule has 2 heteroatoms. The van der Waals surface area contributed by atoms with Gasteiger partial charge in [0.2, 0.25) is 0 Å². The summed E-state index contributed by atoms with van der Waals surface area (Å²) in [6.45, 7) is 2.10. The second-order valence-electron chi connectivity index (χ2n) is 4.68. The molecule has 0 bridgehead atoms. The molecule has 0 N–H and O–H groups in total. The van der Waals surface area contributed by atoms with Crippen LogP contribution in [0.2, 0.25) is 0 Å². The van der Waals surface area contributed by atoms with E-state index in [-0.39, 0.29) is 0 Å². The van der Waals surface area contributed by atoms with E-state index in [2.05, 4.69) is 65.8 Å². The topological polar surface area (TPSA) is 12.9 Å². The van der Waals surface area contributed by atoms with Crippen LogP contribution in [0.3, 0.4) is 0 Å². The largest absolute Gasteiger partial charge is 0.237 e. The molecule has 0 aliphatic rings. The van der Waals surface area contributed by atoms with Crippen LogP contribution in [0, 0.1) is 6.92 Å². The van der Waals surface area contributed by atoms with E-state index < -0.39 is 0 Å². The molecule has 1 aromatic heterocycles. The molecule has 0 atom stereocenters. The van der Waals surface area contributed by atoms with Crippen molar-refractivity contribution in [1.29, 1.82) is 0 Å². The molecule has 3 rings (SSSR count). The predicted octanol–water partition coefficient (Wildman–Crippen LogP) is 5.29. The fourth-order valence-corrected chi connectivity index (χ4v) is 2.67. The molecule has 3 aromatic rings. The third-order valence-corrected chi connectivity index (χ3v) is 3.90. The van der Waals surface area contributed by atoms with Crippen LogP contribution in [0.5, 0.6) is 0 Å². The average Bonchev–Trinajstić information content (AvgIpc) is 2.96. The van der Waals surface area contributed by atoms with Gasteiger partial charge in [-0.25, -0.2) is 4.98 Å². The SMILES string of the molecule is Cc1ccc(-c2csc(C=Cc3ccccc3)n2)cc1. The molecular weight excluding hydrogens is 262 g/mol. The van der Waals surface area contributed by atoms with Gasteiger partial charge in [0.15, 0.2) is 0 Å². The lowest BCUT2D eigenvalue weighted by molar-refractivity contribution is 1.37. The van der Waals surface area contributed by atoms with Gasteiger partial charge in [-0.1, -0.05) is 66.2 Å². The molecule has 98 valence electrons. The highest BCUT2D eigenvalue weighted by atomic mass is 32.1. The molecule has 0 spiro atoms. The Labute approximate surface area is 123 Å². The highest BCUT2D eigenvalue weighted by Gasteiger charge is 2.02. The smallest absolute Gasteiger partial charge is 0.116 e. The first-order valence-corrected chi connectivity index (χ1v) is 7.45. The van der Waals surface area contributed by atoms with Crippen molar-refractivity contribution in [2.45, 2.75) is 6.92 Å². The van der Waals surface area contributed by atoms with Crippen molar-refractivity contribution in [3.8, 4) is 11.3 Å². The molecule has 0 saturated carbocycles. The Morgan fingerprint density at radius 1 is 0.900 bits per heavy atom. The summed E-state index contributed by atoms with van der Waals surface area (Å²) in [5.41, 5.74) is 4.68. The second-order valence-corrected chi connectivity index (χ2v) is 5.57. The molecule has 1 nitrogen and oxygen atoms in total. The summed E-state index contributed by atoms with van der Waals surface area (Å²) >= 11 is 1.67. The Bertz CT molecular complexity index is 709. The fraction of sp³-hybridized carbons (Fsp3) is 0.0556. The summed E-state index contributed by atoms with van der Waals surface area (Å²) in [6, 6.07) is 18.8. The minimum absolute atomic E-state index is 1.03. The molecule has 0 radical (unpaired) electrons. The van der Waals surface area contributed by atoms with Crippen LogP contribution >= 0.6 is 11.3 Å². The summed E-state index contributed by atoms with van der Waals surface area (Å²) in [7, 11) is 0. The summed E-state index contributed by atoms with van der Waals surface area (Å²) in [6.07, 6.45) is 4.16. The molecule has 0 aliphatic carbocycles. The zero-order chi connectivity index (χ0) is 13.8. The Morgan fingerprint density at radius 3 is 2.40 bits per heavy atom. The standard InChI is InChI=1S/C18H15NS/c1-14-7-10-16(11-8-14)17-13-20-18(19-17)12-9-15-5-3-2-4-6-15/h2-13H,1H3.